The largest absolute Gasteiger partial charge is 0.493 e. The van der Waals surface area contributed by atoms with E-state index in [0.717, 1.165) is 55.6 Å². The standard InChI is InChI=1S/C28H44N6O4S/c1-21(2)33-12-7-22(8-13-33)29-27-23-19-25(37-3)26(38-16-6-11-32-9-4-5-10-32)20-24(23)30-28(31-27)34-14-17-39(35,36)18-15-34/h19-22H,4-18H2,1-3H3,(H,29,30,31). The normalized spacial score (nSPS) is 21.1. The molecule has 0 bridgehead atoms. The van der Waals surface area contributed by atoms with Gasteiger partial charge in [-0.05, 0) is 65.1 Å². The number of nitrogens with one attached hydrogen (secondary N) is 1. The zero-order valence-corrected chi connectivity index (χ0v) is 24.5. The van der Waals surface area contributed by atoms with Gasteiger partial charge in [-0.15, -0.1) is 0 Å². The van der Waals surface area contributed by atoms with Gasteiger partial charge in [0.2, 0.25) is 5.95 Å². The predicted octanol–water partition coefficient (Wildman–Crippen LogP) is 3.02. The van der Waals surface area contributed by atoms with Crippen molar-refractivity contribution in [2.75, 3.05) is 81.3 Å². The van der Waals surface area contributed by atoms with Gasteiger partial charge in [0, 0.05) is 56.3 Å². The molecular weight excluding hydrogens is 516 g/mol. The Morgan fingerprint density at radius 1 is 1.00 bits per heavy atom. The van der Waals surface area contributed by atoms with Gasteiger partial charge in [0.1, 0.15) is 5.82 Å². The molecule has 0 spiro atoms. The molecule has 0 amide bonds. The fourth-order valence-electron chi connectivity index (χ4n) is 5.79. The average molecular weight is 561 g/mol. The highest BCUT2D eigenvalue weighted by Gasteiger charge is 2.26. The third-order valence-corrected chi connectivity index (χ3v) is 9.88. The van der Waals surface area contributed by atoms with E-state index in [2.05, 4.69) is 29.0 Å². The minimum Gasteiger partial charge on any atom is -0.493 e. The minimum atomic E-state index is -3.00. The van der Waals surface area contributed by atoms with Crippen molar-refractivity contribution in [1.82, 2.24) is 19.8 Å². The van der Waals surface area contributed by atoms with Crippen LogP contribution < -0.4 is 19.7 Å². The second kappa shape index (κ2) is 12.4. The summed E-state index contributed by atoms with van der Waals surface area (Å²) in [5.41, 5.74) is 0.769. The number of anilines is 2. The van der Waals surface area contributed by atoms with Crippen molar-refractivity contribution in [1.29, 1.82) is 0 Å². The molecule has 216 valence electrons. The van der Waals surface area contributed by atoms with E-state index in [4.69, 9.17) is 19.4 Å². The molecule has 11 heteroatoms. The number of aromatic nitrogens is 2. The molecule has 3 aliphatic heterocycles. The molecule has 0 saturated carbocycles. The van der Waals surface area contributed by atoms with E-state index >= 15 is 0 Å². The molecule has 4 heterocycles. The van der Waals surface area contributed by atoms with Crippen LogP contribution in [0.25, 0.3) is 10.9 Å². The number of hydrogen-bond donors (Lipinski definition) is 1. The summed E-state index contributed by atoms with van der Waals surface area (Å²) in [6, 6.07) is 4.77. The molecular formula is C28H44N6O4S. The number of hydrogen-bond acceptors (Lipinski definition) is 10. The Balaban J connectivity index is 1.39. The van der Waals surface area contributed by atoms with Crippen LogP contribution in [0.4, 0.5) is 11.8 Å². The molecule has 1 aromatic carbocycles. The van der Waals surface area contributed by atoms with Crippen LogP contribution in [0.5, 0.6) is 11.5 Å². The van der Waals surface area contributed by atoms with Crippen LogP contribution in [0.2, 0.25) is 0 Å². The number of sulfone groups is 1. The molecule has 5 rings (SSSR count). The Morgan fingerprint density at radius 2 is 1.72 bits per heavy atom. The zero-order chi connectivity index (χ0) is 27.4. The van der Waals surface area contributed by atoms with E-state index in [1.807, 2.05) is 17.0 Å². The Bertz CT molecular complexity index is 1210. The summed E-state index contributed by atoms with van der Waals surface area (Å²) in [6.07, 6.45) is 5.61. The molecule has 0 unspecified atom stereocenters. The van der Waals surface area contributed by atoms with Crippen LogP contribution in [0.3, 0.4) is 0 Å². The molecule has 0 radical (unpaired) electrons. The number of ether oxygens (including phenoxy) is 2. The van der Waals surface area contributed by atoms with E-state index in [-0.39, 0.29) is 11.5 Å². The molecule has 3 aliphatic rings. The second-order valence-electron chi connectivity index (χ2n) is 11.3. The lowest BCUT2D eigenvalue weighted by Gasteiger charge is -2.35. The number of rotatable bonds is 10. The maximum Gasteiger partial charge on any atom is 0.227 e. The highest BCUT2D eigenvalue weighted by atomic mass is 32.2. The van der Waals surface area contributed by atoms with Crippen LogP contribution in [-0.4, -0.2) is 111 Å². The van der Waals surface area contributed by atoms with E-state index in [9.17, 15) is 8.42 Å². The quantitative estimate of drug-likeness (QED) is 0.437. The summed E-state index contributed by atoms with van der Waals surface area (Å²) in [7, 11) is -1.34. The summed E-state index contributed by atoms with van der Waals surface area (Å²) >= 11 is 0. The molecule has 1 N–H and O–H groups in total. The van der Waals surface area contributed by atoms with Crippen LogP contribution in [0, 0.1) is 0 Å². The van der Waals surface area contributed by atoms with Crippen molar-refractivity contribution < 1.29 is 17.9 Å². The van der Waals surface area contributed by atoms with E-state index in [0.29, 0.717) is 49.2 Å². The number of nitrogens with zero attached hydrogens (tertiary/aromatic N) is 5. The number of likely N-dealkylation sites (tertiary alicyclic amines) is 2. The molecule has 3 saturated heterocycles. The number of methoxy groups -OCH3 is 1. The predicted molar refractivity (Wildman–Crippen MR) is 156 cm³/mol. The highest BCUT2D eigenvalue weighted by Crippen LogP contribution is 2.36. The molecule has 0 atom stereocenters. The lowest BCUT2D eigenvalue weighted by Crippen LogP contribution is -2.43. The van der Waals surface area contributed by atoms with Crippen molar-refractivity contribution in [3.63, 3.8) is 0 Å². The lowest BCUT2D eigenvalue weighted by molar-refractivity contribution is 0.177. The SMILES string of the molecule is COc1cc2c(NC3CCN(C(C)C)CC3)nc(N3CCS(=O)(=O)CC3)nc2cc1OCCCN1CCCC1. The van der Waals surface area contributed by atoms with Crippen molar-refractivity contribution in [2.45, 2.75) is 58.0 Å². The van der Waals surface area contributed by atoms with Gasteiger partial charge in [-0.3, -0.25) is 0 Å². The van der Waals surface area contributed by atoms with Crippen LogP contribution >= 0.6 is 0 Å². The third kappa shape index (κ3) is 7.05. The Kier molecular flexibility index (Phi) is 8.98. The van der Waals surface area contributed by atoms with Crippen molar-refractivity contribution in [3.8, 4) is 11.5 Å². The highest BCUT2D eigenvalue weighted by molar-refractivity contribution is 7.91. The van der Waals surface area contributed by atoms with E-state index in [1.54, 1.807) is 7.11 Å². The number of benzene rings is 1. The molecule has 0 aliphatic carbocycles. The van der Waals surface area contributed by atoms with Crippen molar-refractivity contribution in [3.05, 3.63) is 12.1 Å². The second-order valence-corrected chi connectivity index (χ2v) is 13.6. The Labute approximate surface area is 233 Å². The van der Waals surface area contributed by atoms with Gasteiger partial charge in [0.05, 0.1) is 30.7 Å². The van der Waals surface area contributed by atoms with Gasteiger partial charge in [-0.2, -0.15) is 4.98 Å². The van der Waals surface area contributed by atoms with Crippen molar-refractivity contribution in [2.24, 2.45) is 0 Å². The van der Waals surface area contributed by atoms with Gasteiger partial charge in [0.25, 0.3) is 0 Å². The molecule has 2 aromatic rings. The van der Waals surface area contributed by atoms with Crippen LogP contribution in [0.1, 0.15) is 46.0 Å². The monoisotopic (exact) mass is 560 g/mol. The summed E-state index contributed by atoms with van der Waals surface area (Å²) < 4.78 is 36.0. The van der Waals surface area contributed by atoms with Gasteiger partial charge in [-0.25, -0.2) is 13.4 Å². The molecule has 39 heavy (non-hydrogen) atoms. The third-order valence-electron chi connectivity index (χ3n) is 8.27. The fraction of sp³-hybridized carbons (Fsp3) is 0.714. The lowest BCUT2D eigenvalue weighted by atomic mass is 10.0. The van der Waals surface area contributed by atoms with E-state index < -0.39 is 9.84 Å². The molecule has 10 nitrogen and oxygen atoms in total. The van der Waals surface area contributed by atoms with Gasteiger partial charge < -0.3 is 29.5 Å². The Morgan fingerprint density at radius 3 is 2.38 bits per heavy atom. The van der Waals surface area contributed by atoms with Gasteiger partial charge in [-0.1, -0.05) is 0 Å². The molecule has 1 aromatic heterocycles. The summed E-state index contributed by atoms with van der Waals surface area (Å²) in [5, 5.41) is 4.59. The summed E-state index contributed by atoms with van der Waals surface area (Å²) in [6.45, 7) is 11.4. The average Bonchev–Trinajstić information content (AvgIpc) is 3.44. The van der Waals surface area contributed by atoms with Crippen LogP contribution in [0.15, 0.2) is 12.1 Å². The molecule has 3 fully saturated rings. The van der Waals surface area contributed by atoms with Crippen LogP contribution in [-0.2, 0) is 9.84 Å². The zero-order valence-electron chi connectivity index (χ0n) is 23.7. The first-order valence-corrected chi connectivity index (χ1v) is 16.3. The number of fused-ring (bicyclic) bond motifs is 1. The van der Waals surface area contributed by atoms with Gasteiger partial charge in [0.15, 0.2) is 21.3 Å². The summed E-state index contributed by atoms with van der Waals surface area (Å²) in [4.78, 5) is 16.8. The first kappa shape index (κ1) is 28.2. The van der Waals surface area contributed by atoms with E-state index in [1.165, 1.54) is 25.9 Å². The Hall–Kier alpha value is -2.37. The van der Waals surface area contributed by atoms with Gasteiger partial charge >= 0.3 is 0 Å². The van der Waals surface area contributed by atoms with Crippen molar-refractivity contribution >= 4 is 32.5 Å². The summed E-state index contributed by atoms with van der Waals surface area (Å²) in [5.74, 6) is 2.92. The maximum atomic E-state index is 12.1. The fourth-order valence-corrected chi connectivity index (χ4v) is 6.99. The number of piperidine rings is 1. The maximum absolute atomic E-state index is 12.1. The topological polar surface area (TPSA) is 100 Å². The smallest absolute Gasteiger partial charge is 0.227 e. The first-order valence-electron chi connectivity index (χ1n) is 14.5. The first-order chi connectivity index (χ1) is 18.8. The minimum absolute atomic E-state index is 0.124.